The van der Waals surface area contributed by atoms with Crippen LogP contribution in [0, 0.1) is 31.0 Å². The van der Waals surface area contributed by atoms with E-state index in [1.165, 1.54) is 12.1 Å². The largest absolute Gasteiger partial charge is 0.436 e. The number of pyridine rings is 1. The summed E-state index contributed by atoms with van der Waals surface area (Å²) in [4.78, 5) is 4.18. The molecule has 0 N–H and O–H groups in total. The summed E-state index contributed by atoms with van der Waals surface area (Å²) in [6.07, 6.45) is 0. The fraction of sp³-hybridized carbons (Fsp3) is 0.143. The molecule has 2 aromatic rings. The van der Waals surface area contributed by atoms with Gasteiger partial charge in [0.2, 0.25) is 5.88 Å². The van der Waals surface area contributed by atoms with Crippen molar-refractivity contribution in [1.82, 2.24) is 4.98 Å². The van der Waals surface area contributed by atoms with Crippen LogP contribution in [0.1, 0.15) is 16.8 Å². The first-order valence-electron chi connectivity index (χ1n) is 5.52. The molecule has 1 aromatic heterocycles. The topological polar surface area (TPSA) is 45.9 Å². The van der Waals surface area contributed by atoms with E-state index in [1.54, 1.807) is 19.1 Å². The molecule has 2 rings (SSSR count). The molecule has 0 saturated heterocycles. The normalized spacial score (nSPS) is 10.1. The fourth-order valence-electron chi connectivity index (χ4n) is 1.67. The Hall–Kier alpha value is -1.93. The molecule has 0 aliphatic heterocycles. The zero-order valence-electron chi connectivity index (χ0n) is 10.4. The van der Waals surface area contributed by atoms with Gasteiger partial charge in [-0.05, 0) is 53.5 Å². The van der Waals surface area contributed by atoms with Crippen molar-refractivity contribution >= 4 is 15.9 Å². The van der Waals surface area contributed by atoms with Gasteiger partial charge in [0.15, 0.2) is 0 Å². The van der Waals surface area contributed by atoms with Gasteiger partial charge in [-0.1, -0.05) is 0 Å². The van der Waals surface area contributed by atoms with E-state index in [1.807, 2.05) is 13.0 Å². The molecule has 1 aromatic carbocycles. The van der Waals surface area contributed by atoms with Gasteiger partial charge in [0.1, 0.15) is 23.2 Å². The summed E-state index contributed by atoms with van der Waals surface area (Å²) in [6, 6.07) is 7.94. The number of halogens is 2. The molecule has 0 spiro atoms. The number of nitriles is 1. The maximum Gasteiger partial charge on any atom is 0.237 e. The molecule has 0 unspecified atom stereocenters. The number of aryl methyl sites for hydroxylation is 2. The Balaban J connectivity index is 2.49. The second-order valence-electron chi connectivity index (χ2n) is 4.05. The van der Waals surface area contributed by atoms with Crippen LogP contribution in [0.2, 0.25) is 0 Å². The SMILES string of the molecule is Cc1cc(C)c(C#N)c(Oc2cc(F)ccc2Br)n1. The Labute approximate surface area is 118 Å². The predicted octanol–water partition coefficient (Wildman–Crippen LogP) is 4.26. The van der Waals surface area contributed by atoms with Crippen molar-refractivity contribution < 1.29 is 9.13 Å². The van der Waals surface area contributed by atoms with Crippen molar-refractivity contribution in [3.8, 4) is 17.7 Å². The highest BCUT2D eigenvalue weighted by Crippen LogP contribution is 2.31. The first-order chi connectivity index (χ1) is 9.01. The quantitative estimate of drug-likeness (QED) is 0.830. The average Bonchev–Trinajstić information content (AvgIpc) is 2.33. The molecule has 0 amide bonds. The number of benzene rings is 1. The van der Waals surface area contributed by atoms with Crippen LogP contribution >= 0.6 is 15.9 Å². The Kier molecular flexibility index (Phi) is 3.82. The number of rotatable bonds is 2. The molecule has 3 nitrogen and oxygen atoms in total. The van der Waals surface area contributed by atoms with E-state index in [-0.39, 0.29) is 11.6 Å². The molecule has 0 bridgehead atoms. The average molecular weight is 321 g/mol. The number of hydrogen-bond donors (Lipinski definition) is 0. The zero-order valence-corrected chi connectivity index (χ0v) is 12.0. The van der Waals surface area contributed by atoms with E-state index < -0.39 is 5.82 Å². The van der Waals surface area contributed by atoms with Crippen molar-refractivity contribution in [3.63, 3.8) is 0 Å². The van der Waals surface area contributed by atoms with Crippen LogP contribution in [-0.4, -0.2) is 4.98 Å². The molecule has 0 atom stereocenters. The van der Waals surface area contributed by atoms with Crippen molar-refractivity contribution in [2.24, 2.45) is 0 Å². The first-order valence-corrected chi connectivity index (χ1v) is 6.32. The summed E-state index contributed by atoms with van der Waals surface area (Å²) in [7, 11) is 0. The molecule has 0 fully saturated rings. The summed E-state index contributed by atoms with van der Waals surface area (Å²) in [6.45, 7) is 3.61. The third-order valence-electron chi connectivity index (χ3n) is 2.52. The molecule has 19 heavy (non-hydrogen) atoms. The molecule has 0 aliphatic rings. The summed E-state index contributed by atoms with van der Waals surface area (Å²) < 4.78 is 19.4. The van der Waals surface area contributed by atoms with Crippen molar-refractivity contribution in [2.75, 3.05) is 0 Å². The minimum absolute atomic E-state index is 0.186. The van der Waals surface area contributed by atoms with Gasteiger partial charge in [0, 0.05) is 11.8 Å². The molecule has 0 radical (unpaired) electrons. The van der Waals surface area contributed by atoms with Gasteiger partial charge < -0.3 is 4.74 Å². The second-order valence-corrected chi connectivity index (χ2v) is 4.90. The lowest BCUT2D eigenvalue weighted by atomic mass is 10.1. The Morgan fingerprint density at radius 1 is 1.32 bits per heavy atom. The molecule has 1 heterocycles. The van der Waals surface area contributed by atoms with E-state index >= 15 is 0 Å². The molecule has 96 valence electrons. The zero-order chi connectivity index (χ0) is 14.0. The highest BCUT2D eigenvalue weighted by molar-refractivity contribution is 9.10. The molecule has 0 aliphatic carbocycles. The molecule has 0 saturated carbocycles. The van der Waals surface area contributed by atoms with E-state index in [2.05, 4.69) is 20.9 Å². The van der Waals surface area contributed by atoms with Crippen LogP contribution < -0.4 is 4.74 Å². The van der Waals surface area contributed by atoms with Gasteiger partial charge in [-0.15, -0.1) is 0 Å². The number of nitrogens with zero attached hydrogens (tertiary/aromatic N) is 2. The summed E-state index contributed by atoms with van der Waals surface area (Å²) in [5, 5.41) is 9.14. The molecular weight excluding hydrogens is 311 g/mol. The standard InChI is InChI=1S/C14H10BrFN2O/c1-8-5-9(2)18-14(11(8)7-17)19-13-6-10(16)3-4-12(13)15/h3-6H,1-2H3. The van der Waals surface area contributed by atoms with Gasteiger partial charge in [0.05, 0.1) is 4.47 Å². The maximum absolute atomic E-state index is 13.2. The maximum atomic E-state index is 13.2. The summed E-state index contributed by atoms with van der Waals surface area (Å²) in [5.41, 5.74) is 1.86. The second kappa shape index (κ2) is 5.37. The molecule has 5 heteroatoms. The van der Waals surface area contributed by atoms with E-state index in [0.29, 0.717) is 10.0 Å². The van der Waals surface area contributed by atoms with Crippen LogP contribution in [0.3, 0.4) is 0 Å². The van der Waals surface area contributed by atoms with Gasteiger partial charge in [-0.3, -0.25) is 0 Å². The van der Waals surface area contributed by atoms with E-state index in [4.69, 9.17) is 10.00 Å². The summed E-state index contributed by atoms with van der Waals surface area (Å²) >= 11 is 3.27. The minimum atomic E-state index is -0.416. The van der Waals surface area contributed by atoms with Gasteiger partial charge >= 0.3 is 0 Å². The number of ether oxygens (including phenoxy) is 1. The Morgan fingerprint density at radius 3 is 2.74 bits per heavy atom. The van der Waals surface area contributed by atoms with Crippen LogP contribution in [0.25, 0.3) is 0 Å². The summed E-state index contributed by atoms with van der Waals surface area (Å²) in [5.74, 6) is 0.0568. The van der Waals surface area contributed by atoms with Gasteiger partial charge in [-0.25, -0.2) is 9.37 Å². The predicted molar refractivity (Wildman–Crippen MR) is 72.6 cm³/mol. The van der Waals surface area contributed by atoms with Crippen molar-refractivity contribution in [3.05, 3.63) is 51.4 Å². The van der Waals surface area contributed by atoms with Crippen LogP contribution in [0.15, 0.2) is 28.7 Å². The third kappa shape index (κ3) is 2.91. The van der Waals surface area contributed by atoms with Crippen LogP contribution in [-0.2, 0) is 0 Å². The Bertz CT molecular complexity index is 680. The van der Waals surface area contributed by atoms with Crippen molar-refractivity contribution in [2.45, 2.75) is 13.8 Å². The minimum Gasteiger partial charge on any atom is -0.436 e. The monoisotopic (exact) mass is 320 g/mol. The number of hydrogen-bond acceptors (Lipinski definition) is 3. The lowest BCUT2D eigenvalue weighted by Gasteiger charge is -2.10. The lowest BCUT2D eigenvalue weighted by Crippen LogP contribution is -1.97. The smallest absolute Gasteiger partial charge is 0.237 e. The Morgan fingerprint density at radius 2 is 2.05 bits per heavy atom. The first kappa shape index (κ1) is 13.5. The van der Waals surface area contributed by atoms with Crippen LogP contribution in [0.4, 0.5) is 4.39 Å². The highest BCUT2D eigenvalue weighted by Gasteiger charge is 2.13. The highest BCUT2D eigenvalue weighted by atomic mass is 79.9. The fourth-order valence-corrected chi connectivity index (χ4v) is 2.00. The van der Waals surface area contributed by atoms with Gasteiger partial charge in [-0.2, -0.15) is 5.26 Å². The van der Waals surface area contributed by atoms with Crippen LogP contribution in [0.5, 0.6) is 11.6 Å². The third-order valence-corrected chi connectivity index (χ3v) is 3.18. The van der Waals surface area contributed by atoms with Gasteiger partial charge in [0.25, 0.3) is 0 Å². The number of aromatic nitrogens is 1. The van der Waals surface area contributed by atoms with Crippen molar-refractivity contribution in [1.29, 1.82) is 5.26 Å². The van der Waals surface area contributed by atoms with E-state index in [9.17, 15) is 4.39 Å². The van der Waals surface area contributed by atoms with E-state index in [0.717, 1.165) is 11.3 Å². The molecular formula is C14H10BrFN2O. The lowest BCUT2D eigenvalue weighted by molar-refractivity contribution is 0.452.